The van der Waals surface area contributed by atoms with Gasteiger partial charge in [0.15, 0.2) is 0 Å². The van der Waals surface area contributed by atoms with Crippen LogP contribution in [0.5, 0.6) is 0 Å². The van der Waals surface area contributed by atoms with Crippen LogP contribution in [-0.4, -0.2) is 12.5 Å². The highest BCUT2D eigenvalue weighted by atomic mass is 16.5. The van der Waals surface area contributed by atoms with Gasteiger partial charge in [0, 0.05) is 10.9 Å². The molecule has 5 aromatic carbocycles. The third kappa shape index (κ3) is 2.87. The Bertz CT molecular complexity index is 2190. The number of hydrogen-bond donors (Lipinski definition) is 0. The van der Waals surface area contributed by atoms with E-state index in [1.807, 2.05) is 6.08 Å². The Morgan fingerprint density at radius 1 is 0.682 bits per heavy atom. The summed E-state index contributed by atoms with van der Waals surface area (Å²) >= 11 is 0. The van der Waals surface area contributed by atoms with Gasteiger partial charge in [-0.05, 0) is 110 Å². The van der Waals surface area contributed by atoms with Crippen LogP contribution in [0.1, 0.15) is 56.9 Å². The zero-order chi connectivity index (χ0) is 30.2. The largest absolute Gasteiger partial charge is 0.425 e. The average molecular weight is 567 g/mol. The molecule has 4 aliphatic rings. The van der Waals surface area contributed by atoms with Crippen molar-refractivity contribution in [2.45, 2.75) is 50.9 Å². The lowest BCUT2D eigenvalue weighted by Gasteiger charge is -2.57. The third-order valence-corrected chi connectivity index (χ3v) is 11.7. The monoisotopic (exact) mass is 566 g/mol. The second-order valence-electron chi connectivity index (χ2n) is 14.1. The lowest BCUT2D eigenvalue weighted by atomic mass is 9.33. The summed E-state index contributed by atoms with van der Waals surface area (Å²) in [6.07, 6.45) is 6.33. The molecule has 1 fully saturated rings. The average Bonchev–Trinajstić information content (AvgIpc) is 3.61. The fraction of sp³-hybridized carbons (Fsp3) is 0.190. The van der Waals surface area contributed by atoms with Crippen LogP contribution in [-0.2, 0) is 10.1 Å². The Balaban J connectivity index is 1.42. The summed E-state index contributed by atoms with van der Waals surface area (Å²) in [7, 11) is 0. The molecule has 1 unspecified atom stereocenters. The van der Waals surface area contributed by atoms with Gasteiger partial charge in [0.25, 0.3) is 0 Å². The summed E-state index contributed by atoms with van der Waals surface area (Å²) in [6, 6.07) is 34.6. The van der Waals surface area contributed by atoms with Gasteiger partial charge in [-0.15, -0.1) is 0 Å². The maximum Gasteiger partial charge on any atom is 0.335 e. The van der Waals surface area contributed by atoms with Crippen molar-refractivity contribution in [3.8, 4) is 33.4 Å². The van der Waals surface area contributed by atoms with Crippen LogP contribution < -0.4 is 5.46 Å². The second kappa shape index (κ2) is 8.40. The SMILES string of the molecule is C=C/C=C\C1=C(C)c2ccc(B3OC(C)(C)C3(C)C)cc2C12c1ccccc1-c1c2cc2c3c(cccc13)-c1ccccc1-2. The summed E-state index contributed by atoms with van der Waals surface area (Å²) in [6.45, 7) is 15.5. The molecule has 0 amide bonds. The zero-order valence-corrected chi connectivity index (χ0v) is 26.1. The van der Waals surface area contributed by atoms with E-state index in [0.29, 0.717) is 0 Å². The van der Waals surface area contributed by atoms with Crippen LogP contribution >= 0.6 is 0 Å². The van der Waals surface area contributed by atoms with E-state index in [2.05, 4.69) is 144 Å². The summed E-state index contributed by atoms with van der Waals surface area (Å²) in [5.41, 5.74) is 16.8. The minimum Gasteiger partial charge on any atom is -0.425 e. The molecule has 0 bridgehead atoms. The molecule has 0 N–H and O–H groups in total. The van der Waals surface area contributed by atoms with Gasteiger partial charge in [0.2, 0.25) is 0 Å². The van der Waals surface area contributed by atoms with Crippen LogP contribution in [0.2, 0.25) is 5.31 Å². The van der Waals surface area contributed by atoms with Crippen LogP contribution in [0.3, 0.4) is 0 Å². The van der Waals surface area contributed by atoms with Gasteiger partial charge in [-0.25, -0.2) is 0 Å². The van der Waals surface area contributed by atoms with Crippen LogP contribution in [0.4, 0.5) is 0 Å². The summed E-state index contributed by atoms with van der Waals surface area (Å²) in [5, 5.41) is 2.74. The van der Waals surface area contributed by atoms with Gasteiger partial charge in [0.1, 0.15) is 0 Å². The fourth-order valence-electron chi connectivity index (χ4n) is 8.90. The van der Waals surface area contributed by atoms with Crippen molar-refractivity contribution in [3.63, 3.8) is 0 Å². The minimum absolute atomic E-state index is 0.0226. The molecule has 0 aromatic heterocycles. The first kappa shape index (κ1) is 26.0. The summed E-state index contributed by atoms with van der Waals surface area (Å²) in [4.78, 5) is 0. The van der Waals surface area contributed by atoms with Crippen LogP contribution in [0.25, 0.3) is 49.7 Å². The first-order chi connectivity index (χ1) is 21.2. The summed E-state index contributed by atoms with van der Waals surface area (Å²) < 4.78 is 6.60. The molecule has 1 aliphatic heterocycles. The summed E-state index contributed by atoms with van der Waals surface area (Å²) in [5.74, 6) is 0. The van der Waals surface area contributed by atoms with E-state index in [1.54, 1.807) is 0 Å². The van der Waals surface area contributed by atoms with E-state index < -0.39 is 5.41 Å². The van der Waals surface area contributed by atoms with Crippen molar-refractivity contribution in [1.82, 2.24) is 0 Å². The Morgan fingerprint density at radius 2 is 1.39 bits per heavy atom. The molecule has 2 heteroatoms. The number of benzene rings is 5. The molecule has 44 heavy (non-hydrogen) atoms. The van der Waals surface area contributed by atoms with Crippen molar-refractivity contribution in [3.05, 3.63) is 144 Å². The topological polar surface area (TPSA) is 9.23 Å². The molecular weight excluding hydrogens is 531 g/mol. The Morgan fingerprint density at radius 3 is 2.11 bits per heavy atom. The maximum atomic E-state index is 6.60. The van der Waals surface area contributed by atoms with E-state index in [9.17, 15) is 0 Å². The molecule has 5 aromatic rings. The van der Waals surface area contributed by atoms with E-state index >= 15 is 0 Å². The van der Waals surface area contributed by atoms with Gasteiger partial charge in [-0.1, -0.05) is 124 Å². The molecule has 0 saturated carbocycles. The quantitative estimate of drug-likeness (QED) is 0.153. The fourth-order valence-corrected chi connectivity index (χ4v) is 8.90. The number of rotatable bonds is 3. The highest BCUT2D eigenvalue weighted by Crippen LogP contribution is 2.65. The van der Waals surface area contributed by atoms with Gasteiger partial charge < -0.3 is 4.65 Å². The number of hydrogen-bond acceptors (Lipinski definition) is 1. The van der Waals surface area contributed by atoms with Crippen molar-refractivity contribution in [1.29, 1.82) is 0 Å². The molecule has 0 radical (unpaired) electrons. The minimum atomic E-state index is -0.442. The van der Waals surface area contributed by atoms with E-state index in [-0.39, 0.29) is 17.8 Å². The molecule has 212 valence electrons. The lowest BCUT2D eigenvalue weighted by Crippen LogP contribution is -2.66. The highest BCUT2D eigenvalue weighted by Gasteiger charge is 2.60. The molecule has 9 rings (SSSR count). The predicted octanol–water partition coefficient (Wildman–Crippen LogP) is 10.1. The molecule has 1 saturated heterocycles. The first-order valence-corrected chi connectivity index (χ1v) is 15.8. The molecular formula is C42H35BO. The first-order valence-electron chi connectivity index (χ1n) is 15.8. The van der Waals surface area contributed by atoms with Crippen molar-refractivity contribution >= 4 is 28.7 Å². The smallest absolute Gasteiger partial charge is 0.335 e. The molecule has 1 nitrogen and oxygen atoms in total. The lowest BCUT2D eigenvalue weighted by molar-refractivity contribution is -0.00940. The van der Waals surface area contributed by atoms with Gasteiger partial charge >= 0.3 is 6.92 Å². The van der Waals surface area contributed by atoms with Gasteiger partial charge in [0.05, 0.1) is 5.41 Å². The number of fused-ring (bicyclic) bond motifs is 11. The Hall–Kier alpha value is -4.40. The molecule has 1 heterocycles. The molecule has 1 atom stereocenters. The van der Waals surface area contributed by atoms with Crippen LogP contribution in [0.15, 0.2) is 121 Å². The Kier molecular flexibility index (Phi) is 4.97. The van der Waals surface area contributed by atoms with Crippen molar-refractivity contribution in [2.75, 3.05) is 0 Å². The molecule has 1 spiro atoms. The van der Waals surface area contributed by atoms with Gasteiger partial charge in [-0.3, -0.25) is 0 Å². The van der Waals surface area contributed by atoms with E-state index in [0.717, 1.165) is 0 Å². The van der Waals surface area contributed by atoms with Gasteiger partial charge in [-0.2, -0.15) is 0 Å². The van der Waals surface area contributed by atoms with Crippen molar-refractivity contribution < 1.29 is 4.65 Å². The third-order valence-electron chi connectivity index (χ3n) is 11.7. The second-order valence-corrected chi connectivity index (χ2v) is 14.1. The highest BCUT2D eigenvalue weighted by molar-refractivity contribution is 6.73. The number of allylic oxidation sites excluding steroid dienone is 5. The zero-order valence-electron chi connectivity index (χ0n) is 26.1. The molecule has 3 aliphatic carbocycles. The van der Waals surface area contributed by atoms with E-state index in [1.165, 1.54) is 83.0 Å². The maximum absolute atomic E-state index is 6.60. The Labute approximate surface area is 260 Å². The predicted molar refractivity (Wildman–Crippen MR) is 187 cm³/mol. The standard InChI is InChI=1S/C42H35BO/c1-7-8-19-34-25(2)27-22-21-26(43-40(3,4)41(5,6)44-43)23-36(27)42(34)35-20-12-11-16-31(35)39-32-18-13-17-30-28-14-9-10-15-29(28)33(38(30)32)24-37(39)42/h7-24H,1H2,2-6H3/b19-8-. The van der Waals surface area contributed by atoms with Crippen LogP contribution in [0, 0.1) is 0 Å². The normalized spacial score (nSPS) is 21.1. The van der Waals surface area contributed by atoms with E-state index in [4.69, 9.17) is 4.65 Å². The van der Waals surface area contributed by atoms with Crippen molar-refractivity contribution in [2.24, 2.45) is 0 Å².